The molecule has 0 bridgehead atoms. The zero-order valence-electron chi connectivity index (χ0n) is 14.8. The zero-order chi connectivity index (χ0) is 20.7. The van der Waals surface area contributed by atoms with E-state index in [1.165, 1.54) is 34.9 Å². The summed E-state index contributed by atoms with van der Waals surface area (Å²) in [7, 11) is 0. The van der Waals surface area contributed by atoms with E-state index in [9.17, 15) is 27.5 Å². The molecule has 0 aliphatic heterocycles. The fourth-order valence-electron chi connectivity index (χ4n) is 3.42. The highest BCUT2D eigenvalue weighted by molar-refractivity contribution is 5.83. The van der Waals surface area contributed by atoms with Crippen LogP contribution < -0.4 is 5.43 Å². The number of fused-ring (bicyclic) bond motifs is 1. The summed E-state index contributed by atoms with van der Waals surface area (Å²) in [6.45, 7) is -0.475. The van der Waals surface area contributed by atoms with Crippen molar-refractivity contribution in [2.45, 2.75) is 6.61 Å². The zero-order valence-corrected chi connectivity index (χ0v) is 14.8. The molecule has 7 heteroatoms. The molecule has 0 unspecified atom stereocenters. The van der Waals surface area contributed by atoms with Crippen LogP contribution in [0.2, 0.25) is 0 Å². The van der Waals surface area contributed by atoms with Crippen molar-refractivity contribution in [3.8, 4) is 22.4 Å². The first kappa shape index (κ1) is 18.9. The van der Waals surface area contributed by atoms with Crippen LogP contribution in [0.5, 0.6) is 0 Å². The summed E-state index contributed by atoms with van der Waals surface area (Å²) in [5, 5.41) is 9.72. The Hall–Kier alpha value is -3.45. The third-order valence-electron chi connectivity index (χ3n) is 4.69. The normalized spacial score (nSPS) is 11.2. The lowest BCUT2D eigenvalue weighted by atomic mass is 9.99. The first-order valence-electron chi connectivity index (χ1n) is 8.60. The summed E-state index contributed by atoms with van der Waals surface area (Å²) in [6.07, 6.45) is 1.32. The predicted molar refractivity (Wildman–Crippen MR) is 100 cm³/mol. The molecular formula is C22H13F4NO2. The molecule has 0 saturated carbocycles. The van der Waals surface area contributed by atoms with Gasteiger partial charge in [0.05, 0.1) is 28.9 Å². The molecule has 2 aromatic heterocycles. The first-order chi connectivity index (χ1) is 13.9. The van der Waals surface area contributed by atoms with Crippen LogP contribution in [0.25, 0.3) is 27.9 Å². The van der Waals surface area contributed by atoms with Gasteiger partial charge in [0, 0.05) is 29.5 Å². The Labute approximate surface area is 162 Å². The molecule has 0 spiro atoms. The van der Waals surface area contributed by atoms with Crippen LogP contribution in [0.1, 0.15) is 5.56 Å². The maximum Gasteiger partial charge on any atom is 0.190 e. The lowest BCUT2D eigenvalue weighted by Gasteiger charge is -2.17. The average molecular weight is 399 g/mol. The lowest BCUT2D eigenvalue weighted by Crippen LogP contribution is -2.12. The number of nitrogens with zero attached hydrogens (tertiary/aromatic N) is 1. The molecule has 29 heavy (non-hydrogen) atoms. The van der Waals surface area contributed by atoms with Crippen LogP contribution in [-0.4, -0.2) is 9.51 Å². The SMILES string of the molecule is O=c1ccn2c(-c3ccc(F)cc3F)c(CO)ccc2c1-c1c(F)cccc1F. The minimum Gasteiger partial charge on any atom is -0.392 e. The van der Waals surface area contributed by atoms with Gasteiger partial charge < -0.3 is 9.51 Å². The van der Waals surface area contributed by atoms with E-state index < -0.39 is 40.9 Å². The van der Waals surface area contributed by atoms with Gasteiger partial charge in [0.2, 0.25) is 0 Å². The van der Waals surface area contributed by atoms with Crippen molar-refractivity contribution in [3.05, 3.63) is 99.8 Å². The van der Waals surface area contributed by atoms with Crippen LogP contribution in [0.3, 0.4) is 0 Å². The molecule has 3 nitrogen and oxygen atoms in total. The quantitative estimate of drug-likeness (QED) is 0.508. The Bertz CT molecular complexity index is 1290. The Morgan fingerprint density at radius 2 is 1.55 bits per heavy atom. The molecule has 0 radical (unpaired) electrons. The molecule has 0 saturated heterocycles. The number of benzene rings is 2. The smallest absolute Gasteiger partial charge is 0.190 e. The molecular weight excluding hydrogens is 386 g/mol. The maximum absolute atomic E-state index is 14.5. The second-order valence-electron chi connectivity index (χ2n) is 6.40. The van der Waals surface area contributed by atoms with Crippen molar-refractivity contribution in [3.63, 3.8) is 0 Å². The van der Waals surface area contributed by atoms with E-state index in [4.69, 9.17) is 0 Å². The fourth-order valence-corrected chi connectivity index (χ4v) is 3.42. The molecule has 0 fully saturated rings. The Kier molecular flexibility index (Phi) is 4.68. The number of aromatic nitrogens is 1. The number of hydrogen-bond acceptors (Lipinski definition) is 2. The molecule has 0 aliphatic carbocycles. The van der Waals surface area contributed by atoms with Crippen molar-refractivity contribution < 1.29 is 22.7 Å². The highest BCUT2D eigenvalue weighted by Crippen LogP contribution is 2.32. The van der Waals surface area contributed by atoms with Gasteiger partial charge in [0.1, 0.15) is 23.3 Å². The summed E-state index contributed by atoms with van der Waals surface area (Å²) in [5.74, 6) is -3.51. The molecule has 0 atom stereocenters. The summed E-state index contributed by atoms with van der Waals surface area (Å²) >= 11 is 0. The second-order valence-corrected chi connectivity index (χ2v) is 6.40. The van der Waals surface area contributed by atoms with E-state index in [2.05, 4.69) is 0 Å². The van der Waals surface area contributed by atoms with E-state index in [1.807, 2.05) is 0 Å². The number of rotatable bonds is 3. The summed E-state index contributed by atoms with van der Waals surface area (Å²) in [4.78, 5) is 12.5. The van der Waals surface area contributed by atoms with Crippen molar-refractivity contribution in [1.82, 2.24) is 4.40 Å². The second kappa shape index (κ2) is 7.18. The molecule has 1 N–H and O–H groups in total. The first-order valence-corrected chi connectivity index (χ1v) is 8.60. The molecule has 146 valence electrons. The lowest BCUT2D eigenvalue weighted by molar-refractivity contribution is 0.282. The van der Waals surface area contributed by atoms with Gasteiger partial charge in [-0.05, 0) is 30.3 Å². The van der Waals surface area contributed by atoms with E-state index in [1.54, 1.807) is 0 Å². The van der Waals surface area contributed by atoms with Crippen LogP contribution >= 0.6 is 0 Å². The monoisotopic (exact) mass is 399 g/mol. The third kappa shape index (κ3) is 3.09. The van der Waals surface area contributed by atoms with E-state index in [0.717, 1.165) is 24.3 Å². The number of aliphatic hydroxyl groups is 1. The Balaban J connectivity index is 2.15. The summed E-state index contributed by atoms with van der Waals surface area (Å²) in [6, 6.07) is 10.1. The molecule has 0 amide bonds. The maximum atomic E-state index is 14.5. The molecule has 0 aliphatic rings. The fraction of sp³-hybridized carbons (Fsp3) is 0.0455. The number of aliphatic hydroxyl groups excluding tert-OH is 1. The topological polar surface area (TPSA) is 41.7 Å². The Morgan fingerprint density at radius 3 is 2.21 bits per heavy atom. The van der Waals surface area contributed by atoms with Gasteiger partial charge in [-0.2, -0.15) is 0 Å². The average Bonchev–Trinajstić information content (AvgIpc) is 2.69. The molecule has 2 aromatic carbocycles. The third-order valence-corrected chi connectivity index (χ3v) is 4.69. The van der Waals surface area contributed by atoms with Crippen molar-refractivity contribution in [2.75, 3.05) is 0 Å². The number of pyridine rings is 2. The minimum atomic E-state index is -0.920. The van der Waals surface area contributed by atoms with Crippen molar-refractivity contribution >= 4 is 5.52 Å². The largest absolute Gasteiger partial charge is 0.392 e. The summed E-state index contributed by atoms with van der Waals surface area (Å²) < 4.78 is 58.0. The van der Waals surface area contributed by atoms with E-state index in [0.29, 0.717) is 6.07 Å². The van der Waals surface area contributed by atoms with Crippen LogP contribution in [0.4, 0.5) is 17.6 Å². The van der Waals surface area contributed by atoms with Crippen LogP contribution in [0, 0.1) is 23.3 Å². The van der Waals surface area contributed by atoms with Gasteiger partial charge in [-0.15, -0.1) is 0 Å². The highest BCUT2D eigenvalue weighted by atomic mass is 19.1. The number of hydrogen-bond donors (Lipinski definition) is 1. The van der Waals surface area contributed by atoms with Gasteiger partial charge in [0.25, 0.3) is 0 Å². The van der Waals surface area contributed by atoms with E-state index in [-0.39, 0.29) is 27.9 Å². The van der Waals surface area contributed by atoms with Gasteiger partial charge in [-0.25, -0.2) is 17.6 Å². The highest BCUT2D eigenvalue weighted by Gasteiger charge is 2.20. The van der Waals surface area contributed by atoms with Crippen LogP contribution in [-0.2, 0) is 6.61 Å². The summed E-state index contributed by atoms with van der Waals surface area (Å²) in [5.41, 5.74) is -0.875. The Morgan fingerprint density at radius 1 is 0.828 bits per heavy atom. The van der Waals surface area contributed by atoms with Gasteiger partial charge in [-0.1, -0.05) is 12.1 Å². The van der Waals surface area contributed by atoms with E-state index >= 15 is 0 Å². The standard InChI is InChI=1S/C22H13F4NO2/c23-13-5-6-14(17(26)10-13)22-12(11-28)4-7-18-21(19(29)8-9-27(18)22)20-15(24)2-1-3-16(20)25/h1-10,28H,11H2. The molecule has 4 aromatic rings. The van der Waals surface area contributed by atoms with Crippen molar-refractivity contribution in [1.29, 1.82) is 0 Å². The van der Waals surface area contributed by atoms with Crippen LogP contribution in [0.15, 0.2) is 65.6 Å². The molecule has 2 heterocycles. The number of halogens is 4. The predicted octanol–water partition coefficient (Wildman–Crippen LogP) is 4.68. The van der Waals surface area contributed by atoms with Gasteiger partial charge >= 0.3 is 0 Å². The van der Waals surface area contributed by atoms with Gasteiger partial charge in [-0.3, -0.25) is 4.79 Å². The minimum absolute atomic E-state index is 0.0374. The van der Waals surface area contributed by atoms with Gasteiger partial charge in [0.15, 0.2) is 5.43 Å². The van der Waals surface area contributed by atoms with Crippen molar-refractivity contribution in [2.24, 2.45) is 0 Å². The molecule has 4 rings (SSSR count).